The normalized spacial score (nSPS) is 39.8. The predicted octanol–water partition coefficient (Wildman–Crippen LogP) is -0.270. The van der Waals surface area contributed by atoms with Gasteiger partial charge in [0.05, 0.1) is 6.61 Å². The fraction of sp³-hybridized carbons (Fsp3) is 0.826. The predicted molar refractivity (Wildman–Crippen MR) is 115 cm³/mol. The average molecular weight is 532 g/mol. The van der Waals surface area contributed by atoms with Crippen molar-refractivity contribution in [3.63, 3.8) is 0 Å². The molecule has 4 aliphatic heterocycles. The number of rotatable bonds is 7. The SMILES string of the molecule is CC(=O)OC[C@H]1O[C@@H](O[C@H]2[C@@H]3OC(C)(C)O[C@@H]3[C@@H]3OC[C@H]2O3)[C@H](OC(C)=O)[C@@H](OC(C)=O)[C@@H]1OC(C)=O. The van der Waals surface area contributed by atoms with Gasteiger partial charge >= 0.3 is 23.9 Å². The molecular weight excluding hydrogens is 500 g/mol. The highest BCUT2D eigenvalue weighted by atomic mass is 16.8. The first-order chi connectivity index (χ1) is 17.3. The minimum absolute atomic E-state index is 0.181. The van der Waals surface area contributed by atoms with E-state index in [9.17, 15) is 19.2 Å². The van der Waals surface area contributed by atoms with E-state index >= 15 is 0 Å². The van der Waals surface area contributed by atoms with Crippen molar-refractivity contribution in [2.75, 3.05) is 13.2 Å². The molecule has 37 heavy (non-hydrogen) atoms. The summed E-state index contributed by atoms with van der Waals surface area (Å²) in [6.45, 7) is 7.93. The van der Waals surface area contributed by atoms with Crippen molar-refractivity contribution in [2.45, 2.75) is 109 Å². The van der Waals surface area contributed by atoms with E-state index in [1.807, 2.05) is 0 Å². The zero-order chi connectivity index (χ0) is 27.1. The summed E-state index contributed by atoms with van der Waals surface area (Å²) in [6, 6.07) is 0. The number of ether oxygens (including phenoxy) is 10. The summed E-state index contributed by atoms with van der Waals surface area (Å²) in [7, 11) is 0. The van der Waals surface area contributed by atoms with Crippen LogP contribution in [0.5, 0.6) is 0 Å². The number of carbonyl (C=O) groups is 4. The summed E-state index contributed by atoms with van der Waals surface area (Å²) in [5.41, 5.74) is 0. The van der Waals surface area contributed by atoms with Crippen LogP contribution in [0.4, 0.5) is 0 Å². The van der Waals surface area contributed by atoms with E-state index in [4.69, 9.17) is 47.4 Å². The first-order valence-electron chi connectivity index (χ1n) is 11.9. The molecule has 4 heterocycles. The zero-order valence-electron chi connectivity index (χ0n) is 21.4. The molecule has 0 aliphatic carbocycles. The molecule has 0 radical (unpaired) electrons. The monoisotopic (exact) mass is 532 g/mol. The Labute approximate surface area is 213 Å². The first-order valence-corrected chi connectivity index (χ1v) is 11.9. The maximum Gasteiger partial charge on any atom is 0.303 e. The number of carbonyl (C=O) groups excluding carboxylic acids is 4. The highest BCUT2D eigenvalue weighted by Gasteiger charge is 2.61. The minimum Gasteiger partial charge on any atom is -0.463 e. The van der Waals surface area contributed by atoms with Gasteiger partial charge in [-0.05, 0) is 13.8 Å². The highest BCUT2D eigenvalue weighted by Crippen LogP contribution is 2.43. The van der Waals surface area contributed by atoms with Gasteiger partial charge in [-0.2, -0.15) is 0 Å². The molecule has 208 valence electrons. The first kappa shape index (κ1) is 27.7. The summed E-state index contributed by atoms with van der Waals surface area (Å²) in [5.74, 6) is -3.77. The largest absolute Gasteiger partial charge is 0.463 e. The van der Waals surface area contributed by atoms with Gasteiger partial charge in [0.2, 0.25) is 0 Å². The summed E-state index contributed by atoms with van der Waals surface area (Å²) >= 11 is 0. The Hall–Kier alpha value is -2.36. The van der Waals surface area contributed by atoms with Crippen LogP contribution in [0.3, 0.4) is 0 Å². The van der Waals surface area contributed by atoms with Crippen LogP contribution in [-0.2, 0) is 66.5 Å². The molecule has 4 saturated heterocycles. The maximum absolute atomic E-state index is 12.1. The molecule has 10 atom stereocenters. The van der Waals surface area contributed by atoms with Crippen LogP contribution in [0, 0.1) is 0 Å². The molecule has 0 aromatic heterocycles. The molecule has 4 fully saturated rings. The fourth-order valence-electron chi connectivity index (χ4n) is 4.90. The zero-order valence-corrected chi connectivity index (χ0v) is 21.4. The van der Waals surface area contributed by atoms with E-state index in [2.05, 4.69) is 0 Å². The van der Waals surface area contributed by atoms with Crippen LogP contribution in [0.2, 0.25) is 0 Å². The fourth-order valence-corrected chi connectivity index (χ4v) is 4.90. The molecule has 0 spiro atoms. The third-order valence-corrected chi connectivity index (χ3v) is 6.10. The Morgan fingerprint density at radius 3 is 1.97 bits per heavy atom. The molecule has 0 unspecified atom stereocenters. The molecule has 0 amide bonds. The van der Waals surface area contributed by atoms with Crippen LogP contribution in [0.15, 0.2) is 0 Å². The van der Waals surface area contributed by atoms with Gasteiger partial charge in [-0.1, -0.05) is 0 Å². The second-order valence-electron chi connectivity index (χ2n) is 9.61. The van der Waals surface area contributed by atoms with Gasteiger partial charge in [0.1, 0.15) is 37.1 Å². The minimum atomic E-state index is -1.38. The Balaban J connectivity index is 1.66. The number of fused-ring (bicyclic) bond motifs is 4. The molecule has 14 nitrogen and oxygen atoms in total. The topological polar surface area (TPSA) is 161 Å². The lowest BCUT2D eigenvalue weighted by Gasteiger charge is -2.46. The molecule has 0 N–H and O–H groups in total. The van der Waals surface area contributed by atoms with Gasteiger partial charge in [0.15, 0.2) is 36.7 Å². The van der Waals surface area contributed by atoms with Crippen LogP contribution < -0.4 is 0 Å². The molecule has 0 aromatic carbocycles. The maximum atomic E-state index is 12.1. The van der Waals surface area contributed by atoms with Crippen molar-refractivity contribution in [1.29, 1.82) is 0 Å². The molecule has 4 aliphatic rings. The van der Waals surface area contributed by atoms with Crippen LogP contribution >= 0.6 is 0 Å². The van der Waals surface area contributed by atoms with Crippen molar-refractivity contribution in [1.82, 2.24) is 0 Å². The third kappa shape index (κ3) is 6.21. The van der Waals surface area contributed by atoms with Crippen LogP contribution in [0.1, 0.15) is 41.5 Å². The summed E-state index contributed by atoms with van der Waals surface area (Å²) in [5, 5.41) is 0. The molecule has 0 saturated carbocycles. The van der Waals surface area contributed by atoms with Gasteiger partial charge in [-0.25, -0.2) is 0 Å². The lowest BCUT2D eigenvalue weighted by atomic mass is 9.97. The summed E-state index contributed by atoms with van der Waals surface area (Å²) < 4.78 is 57.4. The Kier molecular flexibility index (Phi) is 8.07. The van der Waals surface area contributed by atoms with Crippen LogP contribution in [-0.4, -0.2) is 104 Å². The van der Waals surface area contributed by atoms with Crippen molar-refractivity contribution in [2.24, 2.45) is 0 Å². The quantitative estimate of drug-likeness (QED) is 0.311. The number of hydrogen-bond donors (Lipinski definition) is 0. The van der Waals surface area contributed by atoms with E-state index in [1.54, 1.807) is 13.8 Å². The summed E-state index contributed by atoms with van der Waals surface area (Å²) in [4.78, 5) is 47.5. The van der Waals surface area contributed by atoms with Gasteiger partial charge in [0, 0.05) is 27.7 Å². The molecule has 0 aromatic rings. The molecular formula is C23H32O14. The molecule has 14 heteroatoms. The second kappa shape index (κ2) is 10.8. The van der Waals surface area contributed by atoms with Gasteiger partial charge in [-0.3, -0.25) is 19.2 Å². The van der Waals surface area contributed by atoms with Gasteiger partial charge in [-0.15, -0.1) is 0 Å². The highest BCUT2D eigenvalue weighted by molar-refractivity contribution is 5.68. The Morgan fingerprint density at radius 2 is 1.35 bits per heavy atom. The Bertz CT molecular complexity index is 904. The van der Waals surface area contributed by atoms with Gasteiger partial charge < -0.3 is 47.4 Å². The molecule has 2 bridgehead atoms. The Morgan fingerprint density at radius 1 is 0.757 bits per heavy atom. The van der Waals surface area contributed by atoms with Crippen molar-refractivity contribution < 1.29 is 66.5 Å². The van der Waals surface area contributed by atoms with E-state index < -0.39 is 91.1 Å². The lowest BCUT2D eigenvalue weighted by Crippen LogP contribution is -2.65. The van der Waals surface area contributed by atoms with E-state index in [0.717, 1.165) is 20.8 Å². The number of esters is 4. The standard InChI is InChI=1S/C23H32O14/c1-9(24)28-7-13-15(30-10(2)25)17(31-11(3)26)19(32-12(4)27)22(34-13)35-16-14-8-29-21(33-14)20-18(16)36-23(5,6)37-20/h13-22H,7-8H2,1-6H3/t13-,14-,15-,16-,17+,18+,19-,20+,21-,22+/m1/s1. The smallest absolute Gasteiger partial charge is 0.303 e. The van der Waals surface area contributed by atoms with E-state index in [1.165, 1.54) is 6.92 Å². The van der Waals surface area contributed by atoms with Crippen molar-refractivity contribution in [3.8, 4) is 0 Å². The molecule has 4 rings (SSSR count). The average Bonchev–Trinajstić information content (AvgIpc) is 3.35. The van der Waals surface area contributed by atoms with Crippen molar-refractivity contribution >= 4 is 23.9 Å². The summed E-state index contributed by atoms with van der Waals surface area (Å²) in [6.07, 6.45) is -9.79. The van der Waals surface area contributed by atoms with Crippen molar-refractivity contribution in [3.05, 3.63) is 0 Å². The van der Waals surface area contributed by atoms with E-state index in [-0.39, 0.29) is 13.2 Å². The van der Waals surface area contributed by atoms with Gasteiger partial charge in [0.25, 0.3) is 0 Å². The lowest BCUT2D eigenvalue weighted by molar-refractivity contribution is -0.335. The second-order valence-corrected chi connectivity index (χ2v) is 9.61. The third-order valence-electron chi connectivity index (χ3n) is 6.10. The number of hydrogen-bond acceptors (Lipinski definition) is 14. The van der Waals surface area contributed by atoms with E-state index in [0.29, 0.717) is 0 Å². The van der Waals surface area contributed by atoms with Crippen LogP contribution in [0.25, 0.3) is 0 Å².